The third-order valence-corrected chi connectivity index (χ3v) is 5.71. The Balaban J connectivity index is 1.70. The molecule has 0 spiro atoms. The van der Waals surface area contributed by atoms with Crippen molar-refractivity contribution in [3.8, 4) is 0 Å². The number of benzene rings is 1. The molecule has 0 radical (unpaired) electrons. The number of pyridine rings is 1. The lowest BCUT2D eigenvalue weighted by atomic mass is 9.75. The van der Waals surface area contributed by atoms with E-state index in [0.29, 0.717) is 6.04 Å². The van der Waals surface area contributed by atoms with E-state index < -0.39 is 6.10 Å². The predicted molar refractivity (Wildman–Crippen MR) is 88.6 cm³/mol. The Morgan fingerprint density at radius 1 is 1.27 bits per heavy atom. The number of fused-ring (bicyclic) bond motifs is 4. The van der Waals surface area contributed by atoms with E-state index >= 15 is 0 Å². The molecule has 0 amide bonds. The Kier molecular flexibility index (Phi) is 3.63. The Bertz CT molecular complexity index is 666. The van der Waals surface area contributed by atoms with Gasteiger partial charge in [-0.2, -0.15) is 0 Å². The van der Waals surface area contributed by atoms with Gasteiger partial charge in [0.1, 0.15) is 0 Å². The average molecular weight is 296 g/mol. The number of hydrogen-bond donors (Lipinski definition) is 1. The average Bonchev–Trinajstić information content (AvgIpc) is 2.60. The van der Waals surface area contributed by atoms with Gasteiger partial charge in [0.2, 0.25) is 0 Å². The fraction of sp³-hybridized carbons (Fsp3) is 0.526. The second-order valence-corrected chi connectivity index (χ2v) is 6.86. The predicted octanol–water partition coefficient (Wildman–Crippen LogP) is 3.53. The maximum atomic E-state index is 11.1. The van der Waals surface area contributed by atoms with Crippen molar-refractivity contribution in [1.29, 1.82) is 0 Å². The standard InChI is InChI=1S/C19H24N2O/c1-2-14-11-13-8-10-21(14)18(12-13)19(22)16-7-9-20-17-6-4-3-5-15(16)17/h3-7,9,13-14,18-19,22H,2,8,10-12H2,1H3/t13-,14-,18+,19-/m1/s1. The summed E-state index contributed by atoms with van der Waals surface area (Å²) in [6, 6.07) is 11.1. The van der Waals surface area contributed by atoms with E-state index in [1.165, 1.54) is 19.3 Å². The molecule has 1 aromatic heterocycles. The van der Waals surface area contributed by atoms with Crippen molar-refractivity contribution in [3.05, 3.63) is 42.1 Å². The highest BCUT2D eigenvalue weighted by atomic mass is 16.3. The molecular weight excluding hydrogens is 272 g/mol. The lowest BCUT2D eigenvalue weighted by Gasteiger charge is -2.52. The first-order valence-corrected chi connectivity index (χ1v) is 8.55. The van der Waals surface area contributed by atoms with Crippen molar-refractivity contribution in [2.24, 2.45) is 5.92 Å². The maximum Gasteiger partial charge on any atom is 0.0952 e. The lowest BCUT2D eigenvalue weighted by Crippen LogP contribution is -2.56. The van der Waals surface area contributed by atoms with Crippen LogP contribution in [0.3, 0.4) is 0 Å². The number of aliphatic hydroxyl groups is 1. The van der Waals surface area contributed by atoms with Gasteiger partial charge in [-0.1, -0.05) is 25.1 Å². The van der Waals surface area contributed by atoms with Crippen LogP contribution in [0.1, 0.15) is 44.3 Å². The number of aromatic nitrogens is 1. The van der Waals surface area contributed by atoms with E-state index in [9.17, 15) is 5.11 Å². The highest BCUT2D eigenvalue weighted by molar-refractivity contribution is 5.82. The molecule has 1 unspecified atom stereocenters. The zero-order chi connectivity index (χ0) is 15.1. The van der Waals surface area contributed by atoms with Crippen molar-refractivity contribution >= 4 is 10.9 Å². The maximum absolute atomic E-state index is 11.1. The van der Waals surface area contributed by atoms with Crippen LogP contribution in [0.15, 0.2) is 36.5 Å². The van der Waals surface area contributed by atoms with Crippen LogP contribution in [-0.2, 0) is 0 Å². The van der Waals surface area contributed by atoms with Crippen LogP contribution in [0.2, 0.25) is 0 Å². The van der Waals surface area contributed by atoms with Gasteiger partial charge in [0.25, 0.3) is 0 Å². The molecule has 3 nitrogen and oxygen atoms in total. The zero-order valence-corrected chi connectivity index (χ0v) is 13.2. The number of hydrogen-bond acceptors (Lipinski definition) is 3. The van der Waals surface area contributed by atoms with Crippen LogP contribution in [0, 0.1) is 5.92 Å². The number of aliphatic hydroxyl groups excluding tert-OH is 1. The lowest BCUT2D eigenvalue weighted by molar-refractivity contribution is -0.0616. The Morgan fingerprint density at radius 2 is 2.14 bits per heavy atom. The van der Waals surface area contributed by atoms with Gasteiger partial charge in [-0.15, -0.1) is 0 Å². The van der Waals surface area contributed by atoms with Crippen LogP contribution in [0.4, 0.5) is 0 Å². The molecule has 5 atom stereocenters. The Hall–Kier alpha value is -1.45. The second kappa shape index (κ2) is 5.64. The minimum atomic E-state index is -0.412. The topological polar surface area (TPSA) is 36.4 Å². The summed E-state index contributed by atoms with van der Waals surface area (Å²) < 4.78 is 0. The van der Waals surface area contributed by atoms with Crippen molar-refractivity contribution in [2.75, 3.05) is 6.54 Å². The van der Waals surface area contributed by atoms with Gasteiger partial charge >= 0.3 is 0 Å². The minimum Gasteiger partial charge on any atom is -0.387 e. The first-order valence-electron chi connectivity index (χ1n) is 8.55. The fourth-order valence-electron chi connectivity index (χ4n) is 4.57. The van der Waals surface area contributed by atoms with Crippen LogP contribution < -0.4 is 0 Å². The van der Waals surface area contributed by atoms with Crippen molar-refractivity contribution in [2.45, 2.75) is 50.8 Å². The summed E-state index contributed by atoms with van der Waals surface area (Å²) in [7, 11) is 0. The van der Waals surface area contributed by atoms with Crippen LogP contribution >= 0.6 is 0 Å². The first kappa shape index (κ1) is 14.2. The smallest absolute Gasteiger partial charge is 0.0952 e. The molecule has 4 heterocycles. The second-order valence-electron chi connectivity index (χ2n) is 6.86. The van der Waals surface area contributed by atoms with Crippen LogP contribution in [-0.4, -0.2) is 33.6 Å². The normalized spacial score (nSPS) is 32.3. The van der Waals surface area contributed by atoms with Crippen molar-refractivity contribution in [3.63, 3.8) is 0 Å². The third kappa shape index (κ3) is 2.24. The molecule has 2 bridgehead atoms. The van der Waals surface area contributed by atoms with Gasteiger partial charge in [-0.25, -0.2) is 0 Å². The van der Waals surface area contributed by atoms with E-state index in [1.54, 1.807) is 0 Å². The molecule has 1 N–H and O–H groups in total. The number of rotatable bonds is 3. The summed E-state index contributed by atoms with van der Waals surface area (Å²) in [5, 5.41) is 12.2. The third-order valence-electron chi connectivity index (χ3n) is 5.71. The summed E-state index contributed by atoms with van der Waals surface area (Å²) in [6.45, 7) is 3.42. The molecule has 1 aromatic carbocycles. The van der Waals surface area contributed by atoms with Gasteiger partial charge in [-0.3, -0.25) is 9.88 Å². The molecule has 0 aliphatic carbocycles. The summed E-state index contributed by atoms with van der Waals surface area (Å²) >= 11 is 0. The van der Waals surface area contributed by atoms with E-state index in [0.717, 1.165) is 35.3 Å². The van der Waals surface area contributed by atoms with Gasteiger partial charge < -0.3 is 5.11 Å². The highest BCUT2D eigenvalue weighted by Gasteiger charge is 2.42. The fourth-order valence-corrected chi connectivity index (χ4v) is 4.57. The van der Waals surface area contributed by atoms with Crippen LogP contribution in [0.5, 0.6) is 0 Å². The largest absolute Gasteiger partial charge is 0.387 e. The van der Waals surface area contributed by atoms with E-state index in [1.807, 2.05) is 30.5 Å². The molecule has 116 valence electrons. The number of nitrogens with zero attached hydrogens (tertiary/aromatic N) is 2. The Labute approximate surface area is 132 Å². The molecule has 5 rings (SSSR count). The first-order chi connectivity index (χ1) is 10.8. The summed E-state index contributed by atoms with van der Waals surface area (Å²) in [4.78, 5) is 6.99. The van der Waals surface area contributed by atoms with Gasteiger partial charge in [0.15, 0.2) is 0 Å². The monoisotopic (exact) mass is 296 g/mol. The Morgan fingerprint density at radius 3 is 2.95 bits per heavy atom. The van der Waals surface area contributed by atoms with E-state index in [2.05, 4.69) is 22.9 Å². The number of piperidine rings is 3. The summed E-state index contributed by atoms with van der Waals surface area (Å²) in [6.07, 6.45) is 6.36. The minimum absolute atomic E-state index is 0.267. The SMILES string of the molecule is CC[C@@H]1C[C@H]2CCN1[C@H]([C@H](O)c1ccnc3ccccc13)C2. The molecule has 3 heteroatoms. The molecule has 3 saturated heterocycles. The molecule has 3 fully saturated rings. The molecular formula is C19H24N2O. The van der Waals surface area contributed by atoms with Gasteiger partial charge in [-0.05, 0) is 55.8 Å². The highest BCUT2D eigenvalue weighted by Crippen LogP contribution is 2.42. The van der Waals surface area contributed by atoms with Crippen molar-refractivity contribution in [1.82, 2.24) is 9.88 Å². The van der Waals surface area contributed by atoms with Crippen LogP contribution in [0.25, 0.3) is 10.9 Å². The molecule has 3 aliphatic heterocycles. The number of para-hydroxylation sites is 1. The van der Waals surface area contributed by atoms with Crippen molar-refractivity contribution < 1.29 is 5.11 Å². The summed E-state index contributed by atoms with van der Waals surface area (Å²) in [5.41, 5.74) is 2.01. The molecule has 0 saturated carbocycles. The summed E-state index contributed by atoms with van der Waals surface area (Å²) in [5.74, 6) is 0.794. The molecule has 22 heavy (non-hydrogen) atoms. The van der Waals surface area contributed by atoms with Gasteiger partial charge in [0, 0.05) is 23.7 Å². The van der Waals surface area contributed by atoms with E-state index in [4.69, 9.17) is 0 Å². The zero-order valence-electron chi connectivity index (χ0n) is 13.2. The van der Waals surface area contributed by atoms with E-state index in [-0.39, 0.29) is 6.04 Å². The quantitative estimate of drug-likeness (QED) is 0.941. The molecule has 3 aliphatic rings. The molecule has 2 aromatic rings. The van der Waals surface area contributed by atoms with Gasteiger partial charge in [0.05, 0.1) is 11.6 Å².